The van der Waals surface area contributed by atoms with Gasteiger partial charge in [0.2, 0.25) is 5.76 Å². The van der Waals surface area contributed by atoms with Crippen LogP contribution in [0.3, 0.4) is 0 Å². The lowest BCUT2D eigenvalue weighted by atomic mass is 9.97. The molecule has 0 saturated carbocycles. The Bertz CT molecular complexity index is 1130. The number of carbonyl (C=O) groups is 1. The summed E-state index contributed by atoms with van der Waals surface area (Å²) in [5.41, 5.74) is 1.98. The summed E-state index contributed by atoms with van der Waals surface area (Å²) in [4.78, 5) is 27.5. The number of nitrogens with zero attached hydrogens (tertiary/aromatic N) is 1. The van der Waals surface area contributed by atoms with Gasteiger partial charge in [-0.05, 0) is 37.1 Å². The summed E-state index contributed by atoms with van der Waals surface area (Å²) < 4.78 is 20.4. The smallest absolute Gasteiger partial charge is 0.290 e. The van der Waals surface area contributed by atoms with E-state index in [1.165, 1.54) is 17.0 Å². The maximum atomic E-state index is 14.5. The van der Waals surface area contributed by atoms with Crippen LogP contribution in [0.15, 0.2) is 45.6 Å². The largest absolute Gasteiger partial charge is 0.450 e. The zero-order chi connectivity index (χ0) is 19.3. The third kappa shape index (κ3) is 2.56. The molecule has 3 aromatic rings. The molecule has 138 valence electrons. The van der Waals surface area contributed by atoms with Crippen LogP contribution in [-0.4, -0.2) is 29.1 Å². The fourth-order valence-electron chi connectivity index (χ4n) is 3.83. The van der Waals surface area contributed by atoms with Gasteiger partial charge in [-0.2, -0.15) is 0 Å². The van der Waals surface area contributed by atoms with Crippen molar-refractivity contribution < 1.29 is 18.7 Å². The summed E-state index contributed by atoms with van der Waals surface area (Å²) in [6, 6.07) is 8.67. The van der Waals surface area contributed by atoms with Crippen molar-refractivity contribution in [2.45, 2.75) is 19.9 Å². The first kappa shape index (κ1) is 17.4. The zero-order valence-electron chi connectivity index (χ0n) is 15.0. The monoisotopic (exact) mass is 367 g/mol. The minimum absolute atomic E-state index is 0.0319. The Labute approximate surface area is 154 Å². The van der Waals surface area contributed by atoms with E-state index in [1.54, 1.807) is 18.2 Å². The minimum atomic E-state index is -0.928. The van der Waals surface area contributed by atoms with Gasteiger partial charge in [0.1, 0.15) is 11.4 Å². The molecule has 0 fully saturated rings. The molecule has 1 N–H and O–H groups in total. The van der Waals surface area contributed by atoms with Crippen LogP contribution < -0.4 is 5.43 Å². The van der Waals surface area contributed by atoms with Gasteiger partial charge < -0.3 is 14.4 Å². The van der Waals surface area contributed by atoms with Gasteiger partial charge in [-0.1, -0.05) is 24.3 Å². The van der Waals surface area contributed by atoms with E-state index in [4.69, 9.17) is 4.42 Å². The molecule has 0 aliphatic carbocycles. The van der Waals surface area contributed by atoms with Gasteiger partial charge in [-0.3, -0.25) is 9.59 Å². The van der Waals surface area contributed by atoms with Gasteiger partial charge in [0, 0.05) is 12.1 Å². The summed E-state index contributed by atoms with van der Waals surface area (Å²) in [6.07, 6.45) is 0. The van der Waals surface area contributed by atoms with Gasteiger partial charge in [0.25, 0.3) is 5.91 Å². The van der Waals surface area contributed by atoms with Crippen LogP contribution in [0, 0.1) is 19.7 Å². The Balaban J connectivity index is 2.08. The van der Waals surface area contributed by atoms with E-state index in [2.05, 4.69) is 0 Å². The number of β-amino-alcohol motifs (C(OH)–C–C–N with tert-alkyl or cyclic N) is 1. The molecular weight excluding hydrogens is 349 g/mol. The Hall–Kier alpha value is -2.99. The SMILES string of the molecule is Cc1cc(C)c2oc3c(c(=O)c2c1)[C@@H](c1ccccc1F)N(CCO)C3=O. The van der Waals surface area contributed by atoms with Crippen LogP contribution in [-0.2, 0) is 0 Å². The fourth-order valence-corrected chi connectivity index (χ4v) is 3.83. The molecule has 4 rings (SSSR count). The summed E-state index contributed by atoms with van der Waals surface area (Å²) >= 11 is 0. The number of aliphatic hydroxyl groups is 1. The highest BCUT2D eigenvalue weighted by Crippen LogP contribution is 2.39. The van der Waals surface area contributed by atoms with Crippen LogP contribution in [0.1, 0.15) is 38.9 Å². The van der Waals surface area contributed by atoms with E-state index >= 15 is 0 Å². The highest BCUT2D eigenvalue weighted by Gasteiger charge is 2.43. The van der Waals surface area contributed by atoms with E-state index < -0.39 is 17.8 Å². The third-order valence-electron chi connectivity index (χ3n) is 4.94. The molecule has 0 saturated heterocycles. The lowest BCUT2D eigenvalue weighted by molar-refractivity contribution is 0.0689. The number of hydrogen-bond donors (Lipinski definition) is 1. The number of carbonyl (C=O) groups excluding carboxylic acids is 1. The predicted octanol–water partition coefficient (Wildman–Crippen LogP) is 3.09. The van der Waals surface area contributed by atoms with Gasteiger partial charge >= 0.3 is 0 Å². The Morgan fingerprint density at radius 2 is 1.93 bits per heavy atom. The molecular formula is C21H18FNO4. The molecule has 5 nitrogen and oxygen atoms in total. The lowest BCUT2D eigenvalue weighted by Crippen LogP contribution is -2.32. The van der Waals surface area contributed by atoms with E-state index in [0.29, 0.717) is 11.0 Å². The number of fused-ring (bicyclic) bond motifs is 2. The molecule has 27 heavy (non-hydrogen) atoms. The van der Waals surface area contributed by atoms with Crippen LogP contribution in [0.4, 0.5) is 4.39 Å². The number of aryl methyl sites for hydroxylation is 2. The molecule has 2 aromatic carbocycles. The highest BCUT2D eigenvalue weighted by molar-refractivity contribution is 5.99. The molecule has 1 aliphatic rings. The second-order valence-electron chi connectivity index (χ2n) is 6.78. The highest BCUT2D eigenvalue weighted by atomic mass is 19.1. The summed E-state index contributed by atoms with van der Waals surface area (Å²) in [6.45, 7) is 3.34. The average Bonchev–Trinajstić information content (AvgIpc) is 2.90. The molecule has 0 radical (unpaired) electrons. The number of aliphatic hydroxyl groups excluding tert-OH is 1. The van der Waals surface area contributed by atoms with Crippen LogP contribution in [0.5, 0.6) is 0 Å². The fraction of sp³-hybridized carbons (Fsp3) is 0.238. The standard InChI is InChI=1S/C21H18FNO4/c1-11-9-12(2)19-14(10-11)18(25)16-17(13-5-3-4-6-15(13)22)23(7-8-24)21(26)20(16)27-19/h3-6,9-10,17,24H,7-8H2,1-2H3/t17-/m1/s1. The Morgan fingerprint density at radius 1 is 1.19 bits per heavy atom. The lowest BCUT2D eigenvalue weighted by Gasteiger charge is -2.24. The van der Waals surface area contributed by atoms with Crippen molar-refractivity contribution in [3.63, 3.8) is 0 Å². The van der Waals surface area contributed by atoms with E-state index in [1.807, 2.05) is 19.9 Å². The van der Waals surface area contributed by atoms with Gasteiger partial charge in [0.15, 0.2) is 5.43 Å². The van der Waals surface area contributed by atoms with Crippen molar-refractivity contribution in [2.24, 2.45) is 0 Å². The van der Waals surface area contributed by atoms with Gasteiger partial charge in [-0.25, -0.2) is 4.39 Å². The Morgan fingerprint density at radius 3 is 2.63 bits per heavy atom. The van der Waals surface area contributed by atoms with E-state index in [9.17, 15) is 19.1 Å². The number of hydrogen-bond acceptors (Lipinski definition) is 4. The van der Waals surface area contributed by atoms with E-state index in [-0.39, 0.29) is 35.5 Å². The second-order valence-corrected chi connectivity index (χ2v) is 6.78. The molecule has 0 spiro atoms. The van der Waals surface area contributed by atoms with Gasteiger partial charge in [0.05, 0.1) is 23.6 Å². The first-order chi connectivity index (χ1) is 12.9. The quantitative estimate of drug-likeness (QED) is 0.772. The molecule has 0 bridgehead atoms. The maximum Gasteiger partial charge on any atom is 0.290 e. The van der Waals surface area contributed by atoms with Crippen molar-refractivity contribution >= 4 is 16.9 Å². The second kappa shape index (κ2) is 6.32. The van der Waals surface area contributed by atoms with Crippen LogP contribution >= 0.6 is 0 Å². The molecule has 1 amide bonds. The molecule has 1 aliphatic heterocycles. The first-order valence-electron chi connectivity index (χ1n) is 8.68. The average molecular weight is 367 g/mol. The summed E-state index contributed by atoms with van der Waals surface area (Å²) in [7, 11) is 0. The molecule has 1 atom stereocenters. The number of halogens is 1. The topological polar surface area (TPSA) is 70.8 Å². The molecule has 2 heterocycles. The minimum Gasteiger partial charge on any atom is -0.450 e. The first-order valence-corrected chi connectivity index (χ1v) is 8.68. The van der Waals surface area contributed by atoms with Gasteiger partial charge in [-0.15, -0.1) is 0 Å². The van der Waals surface area contributed by atoms with Crippen molar-refractivity contribution in [3.05, 3.63) is 80.5 Å². The Kier molecular flexibility index (Phi) is 4.08. The zero-order valence-corrected chi connectivity index (χ0v) is 15.0. The predicted molar refractivity (Wildman–Crippen MR) is 98.3 cm³/mol. The van der Waals surface area contributed by atoms with Crippen molar-refractivity contribution in [1.29, 1.82) is 0 Å². The third-order valence-corrected chi connectivity index (χ3v) is 4.94. The molecule has 6 heteroatoms. The number of benzene rings is 2. The van der Waals surface area contributed by atoms with Crippen LogP contribution in [0.2, 0.25) is 0 Å². The van der Waals surface area contributed by atoms with Crippen molar-refractivity contribution in [1.82, 2.24) is 4.90 Å². The summed E-state index contributed by atoms with van der Waals surface area (Å²) in [5, 5.41) is 9.77. The van der Waals surface area contributed by atoms with Crippen LogP contribution in [0.25, 0.3) is 11.0 Å². The number of rotatable bonds is 3. The summed E-state index contributed by atoms with van der Waals surface area (Å²) in [5.74, 6) is -1.13. The number of amides is 1. The normalized spacial score (nSPS) is 16.2. The molecule has 0 unspecified atom stereocenters. The van der Waals surface area contributed by atoms with Crippen molar-refractivity contribution in [2.75, 3.05) is 13.2 Å². The maximum absolute atomic E-state index is 14.5. The van der Waals surface area contributed by atoms with Crippen molar-refractivity contribution in [3.8, 4) is 0 Å². The van der Waals surface area contributed by atoms with E-state index in [0.717, 1.165) is 11.1 Å². The molecule has 1 aromatic heterocycles.